The van der Waals surface area contributed by atoms with Gasteiger partial charge in [0.2, 0.25) is 5.88 Å². The third-order valence-electron chi connectivity index (χ3n) is 6.58. The Hall–Kier alpha value is -3.94. The maximum absolute atomic E-state index is 11.0. The number of carboxylic acids is 2. The largest absolute Gasteiger partial charge is 0.494 e. The standard InChI is InChI=1S/C29H32N2O6/c32-28(33)24(29(34)35)12-7-17-36-23-15-13-22(14-16-23)27-30-25(21-10-5-2-6-11-21)18-26(31-27)37-19-20-8-3-1-4-9-20/h2,5-6,10-11,13-16,18,20,24H,1,3-4,7-9,12,17,19H2,(H,32,33)(H,34,35). The van der Waals surface area contributed by atoms with Gasteiger partial charge in [-0.25, -0.2) is 4.98 Å². The minimum absolute atomic E-state index is 0.00645. The lowest BCUT2D eigenvalue weighted by Crippen LogP contribution is -2.23. The van der Waals surface area contributed by atoms with Gasteiger partial charge in [0.1, 0.15) is 5.75 Å². The number of ether oxygens (including phenoxy) is 2. The zero-order valence-electron chi connectivity index (χ0n) is 20.7. The summed E-state index contributed by atoms with van der Waals surface area (Å²) in [5, 5.41) is 17.9. The highest BCUT2D eigenvalue weighted by Crippen LogP contribution is 2.28. The minimum atomic E-state index is -1.42. The van der Waals surface area contributed by atoms with Crippen LogP contribution >= 0.6 is 0 Å². The zero-order chi connectivity index (χ0) is 26.0. The zero-order valence-corrected chi connectivity index (χ0v) is 20.7. The van der Waals surface area contributed by atoms with Crippen molar-refractivity contribution in [1.29, 1.82) is 0 Å². The van der Waals surface area contributed by atoms with Gasteiger partial charge in [-0.15, -0.1) is 0 Å². The molecule has 1 saturated carbocycles. The third-order valence-corrected chi connectivity index (χ3v) is 6.58. The van der Waals surface area contributed by atoms with E-state index in [0.29, 0.717) is 36.4 Å². The highest BCUT2D eigenvalue weighted by Gasteiger charge is 2.25. The molecule has 8 heteroatoms. The summed E-state index contributed by atoms with van der Waals surface area (Å²) >= 11 is 0. The Morgan fingerprint density at radius 3 is 2.24 bits per heavy atom. The van der Waals surface area contributed by atoms with Gasteiger partial charge in [-0.3, -0.25) is 9.59 Å². The van der Waals surface area contributed by atoms with E-state index >= 15 is 0 Å². The molecule has 1 aliphatic carbocycles. The molecule has 1 heterocycles. The first-order valence-corrected chi connectivity index (χ1v) is 12.8. The van der Waals surface area contributed by atoms with E-state index in [2.05, 4.69) is 4.98 Å². The van der Waals surface area contributed by atoms with Crippen LogP contribution in [0.25, 0.3) is 22.6 Å². The number of benzene rings is 2. The van der Waals surface area contributed by atoms with Crippen LogP contribution in [0, 0.1) is 11.8 Å². The van der Waals surface area contributed by atoms with Gasteiger partial charge in [-0.2, -0.15) is 4.98 Å². The van der Waals surface area contributed by atoms with Gasteiger partial charge >= 0.3 is 11.9 Å². The Morgan fingerprint density at radius 1 is 0.865 bits per heavy atom. The summed E-state index contributed by atoms with van der Waals surface area (Å²) < 4.78 is 11.8. The Labute approximate surface area is 216 Å². The summed E-state index contributed by atoms with van der Waals surface area (Å²) in [5.41, 5.74) is 2.58. The second kappa shape index (κ2) is 12.9. The topological polar surface area (TPSA) is 119 Å². The molecule has 0 unspecified atom stereocenters. The monoisotopic (exact) mass is 504 g/mol. The van der Waals surface area contributed by atoms with Crippen molar-refractivity contribution >= 4 is 11.9 Å². The predicted molar refractivity (Wildman–Crippen MR) is 138 cm³/mol. The number of rotatable bonds is 12. The SMILES string of the molecule is O=C(O)C(CCCOc1ccc(-c2nc(OCC3CCCCC3)cc(-c3ccccc3)n2)cc1)C(=O)O. The number of nitrogens with zero attached hydrogens (tertiary/aromatic N) is 2. The lowest BCUT2D eigenvalue weighted by Gasteiger charge is -2.21. The summed E-state index contributed by atoms with van der Waals surface area (Å²) in [6.07, 6.45) is 6.52. The van der Waals surface area contributed by atoms with Crippen molar-refractivity contribution < 1.29 is 29.3 Å². The molecule has 2 N–H and O–H groups in total. The number of carboxylic acid groups (broad SMARTS) is 2. The quantitative estimate of drug-likeness (QED) is 0.238. The van der Waals surface area contributed by atoms with Crippen LogP contribution in [0.15, 0.2) is 60.7 Å². The van der Waals surface area contributed by atoms with Crippen molar-refractivity contribution in [3.63, 3.8) is 0 Å². The molecule has 1 fully saturated rings. The molecule has 37 heavy (non-hydrogen) atoms. The molecule has 0 saturated heterocycles. The molecule has 4 rings (SSSR count). The first-order valence-electron chi connectivity index (χ1n) is 12.8. The maximum Gasteiger partial charge on any atom is 0.317 e. The second-order valence-corrected chi connectivity index (χ2v) is 9.34. The average Bonchev–Trinajstić information content (AvgIpc) is 2.92. The fourth-order valence-electron chi connectivity index (χ4n) is 4.47. The molecule has 194 valence electrons. The van der Waals surface area contributed by atoms with Crippen LogP contribution in [-0.4, -0.2) is 45.3 Å². The number of aromatic nitrogens is 2. The van der Waals surface area contributed by atoms with Crippen LogP contribution in [-0.2, 0) is 9.59 Å². The highest BCUT2D eigenvalue weighted by molar-refractivity contribution is 5.92. The smallest absolute Gasteiger partial charge is 0.317 e. The van der Waals surface area contributed by atoms with Crippen LogP contribution in [0.3, 0.4) is 0 Å². The summed E-state index contributed by atoms with van der Waals surface area (Å²) in [6.45, 7) is 0.873. The normalized spacial score (nSPS) is 13.9. The molecule has 0 atom stereocenters. The van der Waals surface area contributed by atoms with E-state index in [0.717, 1.165) is 16.8 Å². The van der Waals surface area contributed by atoms with Gasteiger partial charge in [0.25, 0.3) is 0 Å². The van der Waals surface area contributed by atoms with Crippen molar-refractivity contribution in [3.05, 3.63) is 60.7 Å². The molecule has 8 nitrogen and oxygen atoms in total. The molecule has 3 aromatic rings. The molecule has 2 aromatic carbocycles. The van der Waals surface area contributed by atoms with Crippen LogP contribution in [0.2, 0.25) is 0 Å². The third kappa shape index (κ3) is 7.52. The first kappa shape index (κ1) is 26.1. The van der Waals surface area contributed by atoms with Crippen LogP contribution < -0.4 is 9.47 Å². The number of aliphatic carboxylic acids is 2. The van der Waals surface area contributed by atoms with E-state index in [1.165, 1.54) is 32.1 Å². The molecule has 0 radical (unpaired) electrons. The van der Waals surface area contributed by atoms with Crippen molar-refractivity contribution in [2.24, 2.45) is 11.8 Å². The van der Waals surface area contributed by atoms with Crippen molar-refractivity contribution in [2.75, 3.05) is 13.2 Å². The van der Waals surface area contributed by atoms with Crippen molar-refractivity contribution in [3.8, 4) is 34.3 Å². The molecule has 0 aliphatic heterocycles. The van der Waals surface area contributed by atoms with E-state index < -0.39 is 17.9 Å². The summed E-state index contributed by atoms with van der Waals surface area (Å²) in [7, 11) is 0. The summed E-state index contributed by atoms with van der Waals surface area (Å²) in [4.78, 5) is 31.5. The van der Waals surface area contributed by atoms with Gasteiger partial charge in [-0.1, -0.05) is 49.6 Å². The van der Waals surface area contributed by atoms with Gasteiger partial charge < -0.3 is 19.7 Å². The minimum Gasteiger partial charge on any atom is -0.494 e. The lowest BCUT2D eigenvalue weighted by molar-refractivity contribution is -0.154. The second-order valence-electron chi connectivity index (χ2n) is 9.34. The number of carbonyl (C=O) groups is 2. The summed E-state index contributed by atoms with van der Waals surface area (Å²) in [6, 6.07) is 19.1. The molecular formula is C29H32N2O6. The Balaban J connectivity index is 1.44. The van der Waals surface area contributed by atoms with Crippen LogP contribution in [0.1, 0.15) is 44.9 Å². The average molecular weight is 505 g/mol. The van der Waals surface area contributed by atoms with Gasteiger partial charge in [0, 0.05) is 17.2 Å². The van der Waals surface area contributed by atoms with E-state index in [1.54, 1.807) is 12.1 Å². The van der Waals surface area contributed by atoms with Gasteiger partial charge in [0.15, 0.2) is 11.7 Å². The van der Waals surface area contributed by atoms with Gasteiger partial charge in [-0.05, 0) is 55.9 Å². The molecular weight excluding hydrogens is 472 g/mol. The number of hydrogen-bond acceptors (Lipinski definition) is 6. The molecule has 1 aromatic heterocycles. The van der Waals surface area contributed by atoms with Crippen LogP contribution in [0.4, 0.5) is 0 Å². The van der Waals surface area contributed by atoms with Crippen molar-refractivity contribution in [1.82, 2.24) is 9.97 Å². The van der Waals surface area contributed by atoms with Crippen LogP contribution in [0.5, 0.6) is 11.6 Å². The highest BCUT2D eigenvalue weighted by atomic mass is 16.5. The fraction of sp³-hybridized carbons (Fsp3) is 0.379. The van der Waals surface area contributed by atoms with Gasteiger partial charge in [0.05, 0.1) is 18.9 Å². The summed E-state index contributed by atoms with van der Waals surface area (Å²) in [5.74, 6) is -1.83. The predicted octanol–water partition coefficient (Wildman–Crippen LogP) is 5.71. The maximum atomic E-state index is 11.0. The molecule has 0 spiro atoms. The Morgan fingerprint density at radius 2 is 1.57 bits per heavy atom. The molecule has 1 aliphatic rings. The molecule has 0 amide bonds. The Bertz CT molecular complexity index is 1160. The Kier molecular flexibility index (Phi) is 9.08. The van der Waals surface area contributed by atoms with E-state index in [1.807, 2.05) is 48.5 Å². The van der Waals surface area contributed by atoms with E-state index in [-0.39, 0.29) is 13.0 Å². The van der Waals surface area contributed by atoms with Crippen molar-refractivity contribution in [2.45, 2.75) is 44.9 Å². The van der Waals surface area contributed by atoms with E-state index in [4.69, 9.17) is 24.7 Å². The fourth-order valence-corrected chi connectivity index (χ4v) is 4.47. The lowest BCUT2D eigenvalue weighted by atomic mass is 9.90. The molecule has 0 bridgehead atoms. The number of hydrogen-bond donors (Lipinski definition) is 2. The van der Waals surface area contributed by atoms with E-state index in [9.17, 15) is 9.59 Å². The first-order chi connectivity index (χ1) is 18.0.